The molecule has 2 unspecified atom stereocenters. The Kier molecular flexibility index (Phi) is 8.81. The van der Waals surface area contributed by atoms with Gasteiger partial charge in [-0.15, -0.1) is 0 Å². The number of aryl methyl sites for hydroxylation is 4. The van der Waals surface area contributed by atoms with Crippen LogP contribution in [0.25, 0.3) is 12.2 Å². The van der Waals surface area contributed by atoms with E-state index >= 15 is 0 Å². The quantitative estimate of drug-likeness (QED) is 0.173. The number of hydrogen-bond acceptors (Lipinski definition) is 0. The van der Waals surface area contributed by atoms with E-state index in [9.17, 15) is 0 Å². The fourth-order valence-corrected chi connectivity index (χ4v) is 55.6. The third-order valence-electron chi connectivity index (χ3n) is 10.1. The fraction of sp³-hybridized carbons (Fsp3) is 0.543. The van der Waals surface area contributed by atoms with Crippen LogP contribution in [-0.2, 0) is 42.8 Å². The van der Waals surface area contributed by atoms with E-state index in [0.717, 1.165) is 25.7 Å². The average Bonchev–Trinajstić information content (AvgIpc) is 3.43. The van der Waals surface area contributed by atoms with Crippen LogP contribution in [0.15, 0.2) is 35.4 Å². The first-order chi connectivity index (χ1) is 17.6. The molecule has 0 nitrogen and oxygen atoms in total. The van der Waals surface area contributed by atoms with Crippen LogP contribution in [0.4, 0.5) is 0 Å². The van der Waals surface area contributed by atoms with Gasteiger partial charge in [-0.1, -0.05) is 0 Å². The van der Waals surface area contributed by atoms with Crippen LogP contribution in [0.1, 0.15) is 120 Å². The second kappa shape index (κ2) is 11.2. The Balaban J connectivity index is 2.07. The Labute approximate surface area is 230 Å². The van der Waals surface area contributed by atoms with Gasteiger partial charge in [0.05, 0.1) is 0 Å². The second-order valence-electron chi connectivity index (χ2n) is 12.9. The monoisotopic (exact) mass is 680 g/mol. The van der Waals surface area contributed by atoms with E-state index in [4.69, 9.17) is 0 Å². The summed E-state index contributed by atoms with van der Waals surface area (Å²) in [5, 5.41) is 0. The van der Waals surface area contributed by atoms with Crippen molar-refractivity contribution in [2.24, 2.45) is 0 Å². The van der Waals surface area contributed by atoms with Gasteiger partial charge in [-0.2, -0.15) is 0 Å². The number of benzene rings is 2. The van der Waals surface area contributed by atoms with Gasteiger partial charge in [0.25, 0.3) is 0 Å². The predicted octanol–water partition coefficient (Wildman–Crippen LogP) is 10.3. The van der Waals surface area contributed by atoms with Crippen LogP contribution in [0, 0.1) is 0 Å². The molecule has 0 N–H and O–H groups in total. The third kappa shape index (κ3) is 4.81. The minimum atomic E-state index is -3.69. The van der Waals surface area contributed by atoms with Gasteiger partial charge < -0.3 is 0 Å². The molecule has 0 radical (unpaired) electrons. The molecule has 2 atom stereocenters. The van der Waals surface area contributed by atoms with Gasteiger partial charge in [-0.3, -0.25) is 0 Å². The van der Waals surface area contributed by atoms with Crippen molar-refractivity contribution in [2.75, 3.05) is 0 Å². The number of hydrogen-bond donors (Lipinski definition) is 0. The molecule has 0 amide bonds. The molecule has 2 heteroatoms. The van der Waals surface area contributed by atoms with E-state index in [1.54, 1.807) is 55.7 Å². The molecule has 37 heavy (non-hydrogen) atoms. The molecule has 0 aliphatic heterocycles. The molecule has 2 aromatic rings. The van der Waals surface area contributed by atoms with Crippen LogP contribution < -0.4 is 0 Å². The van der Waals surface area contributed by atoms with Gasteiger partial charge in [0.15, 0.2) is 0 Å². The first kappa shape index (κ1) is 29.0. The van der Waals surface area contributed by atoms with Gasteiger partial charge in [-0.05, 0) is 0 Å². The van der Waals surface area contributed by atoms with Gasteiger partial charge in [0.2, 0.25) is 0 Å². The van der Waals surface area contributed by atoms with E-state index in [1.807, 2.05) is 0 Å². The fourth-order valence-electron chi connectivity index (χ4n) is 8.49. The van der Waals surface area contributed by atoms with E-state index < -0.39 is 17.1 Å². The molecule has 0 aromatic heterocycles. The summed E-state index contributed by atoms with van der Waals surface area (Å²) in [7, 11) is 0. The Morgan fingerprint density at radius 1 is 0.622 bits per heavy atom. The van der Waals surface area contributed by atoms with Crippen molar-refractivity contribution in [3.05, 3.63) is 79.9 Å². The zero-order valence-electron chi connectivity index (χ0n) is 25.4. The van der Waals surface area contributed by atoms with Crippen LogP contribution in [0.2, 0.25) is 15.4 Å². The summed E-state index contributed by atoms with van der Waals surface area (Å²) in [4.78, 5) is 0. The molecular weight excluding hydrogens is 627 g/mol. The van der Waals surface area contributed by atoms with Crippen molar-refractivity contribution < 1.29 is 17.1 Å². The first-order valence-corrected chi connectivity index (χ1v) is 34.3. The Bertz CT molecular complexity index is 1220. The van der Waals surface area contributed by atoms with Crippen molar-refractivity contribution >= 4 is 18.4 Å². The molecule has 0 spiro atoms. The second-order valence-corrected chi connectivity index (χ2v) is 57.0. The molecule has 0 saturated carbocycles. The summed E-state index contributed by atoms with van der Waals surface area (Å²) in [6, 6.07) is 11.4. The molecule has 0 fully saturated rings. The topological polar surface area (TPSA) is 0 Å². The summed E-state index contributed by atoms with van der Waals surface area (Å²) in [5.74, 6) is 0. The van der Waals surface area contributed by atoms with Gasteiger partial charge in [0, 0.05) is 0 Å². The van der Waals surface area contributed by atoms with E-state index in [0.29, 0.717) is 13.6 Å². The molecular formula is C35H52HfSi. The summed E-state index contributed by atoms with van der Waals surface area (Å²) < 4.78 is 7.28. The van der Waals surface area contributed by atoms with Crippen LogP contribution >= 0.6 is 0 Å². The zero-order chi connectivity index (χ0) is 27.0. The normalized spacial score (nSPS) is 19.0. The standard InChI is InChI=1S/2C14H17.C5H12Si.2CH3.Hf/c2*1-4-11-6-7-12(5-2)14-9-10(3)8-13(11)14;1-2-3-4-5-6;;;/h2*6-9H,4-5H2,1-3H3;6H,2-5H2,1H3;2*1H3;. The summed E-state index contributed by atoms with van der Waals surface area (Å²) in [6.07, 6.45) is 14.5. The van der Waals surface area contributed by atoms with Crippen molar-refractivity contribution in [2.45, 2.75) is 116 Å². The molecule has 0 heterocycles. The number of allylic oxidation sites excluding steroid dienone is 2. The minimum absolute atomic E-state index is 0.448. The molecule has 0 bridgehead atoms. The van der Waals surface area contributed by atoms with Crippen LogP contribution in [-0.4, -0.2) is 6.22 Å². The summed E-state index contributed by atoms with van der Waals surface area (Å²) >= 11 is -3.69. The van der Waals surface area contributed by atoms with Crippen molar-refractivity contribution in [1.29, 1.82) is 0 Å². The molecule has 2 aliphatic carbocycles. The zero-order valence-corrected chi connectivity index (χ0v) is 30.1. The first-order valence-electron chi connectivity index (χ1n) is 15.4. The van der Waals surface area contributed by atoms with Crippen molar-refractivity contribution in [3.8, 4) is 0 Å². The van der Waals surface area contributed by atoms with Crippen LogP contribution in [0.5, 0.6) is 0 Å². The van der Waals surface area contributed by atoms with E-state index in [1.165, 1.54) is 25.3 Å². The van der Waals surface area contributed by atoms with Gasteiger partial charge >= 0.3 is 232 Å². The predicted molar refractivity (Wildman–Crippen MR) is 166 cm³/mol. The van der Waals surface area contributed by atoms with E-state index in [-0.39, 0.29) is 0 Å². The average molecular weight is 679 g/mol. The van der Waals surface area contributed by atoms with Crippen molar-refractivity contribution in [3.63, 3.8) is 0 Å². The maximum atomic E-state index is 2.95. The molecule has 0 saturated heterocycles. The van der Waals surface area contributed by atoms with E-state index in [2.05, 4.69) is 94.2 Å². The third-order valence-corrected chi connectivity index (χ3v) is 53.0. The molecule has 4 rings (SSSR count). The van der Waals surface area contributed by atoms with Crippen molar-refractivity contribution in [1.82, 2.24) is 0 Å². The van der Waals surface area contributed by atoms with Gasteiger partial charge in [-0.25, -0.2) is 0 Å². The molecule has 2 aromatic carbocycles. The molecule has 200 valence electrons. The SMILES string of the molecule is CCCCC[SiH]=[Hf]([CH3])([CH3])([CH]1C(C)=Cc2c(CC)ccc(CC)c21)[CH]1C(C)=Cc2c(CC)ccc(CC)c21. The number of unbranched alkanes of at least 4 members (excludes halogenated alkanes) is 2. The maximum absolute atomic E-state index is 3.69. The number of fused-ring (bicyclic) bond motifs is 2. The Hall–Kier alpha value is -0.993. The number of rotatable bonds is 10. The van der Waals surface area contributed by atoms with Gasteiger partial charge in [0.1, 0.15) is 0 Å². The summed E-state index contributed by atoms with van der Waals surface area (Å²) in [5.41, 5.74) is 16.5. The summed E-state index contributed by atoms with van der Waals surface area (Å²) in [6.45, 7) is 16.8. The Morgan fingerprint density at radius 3 is 1.41 bits per heavy atom. The Morgan fingerprint density at radius 2 is 1.03 bits per heavy atom. The molecule has 2 aliphatic rings. The van der Waals surface area contributed by atoms with Crippen LogP contribution in [0.3, 0.4) is 0 Å².